The van der Waals surface area contributed by atoms with E-state index in [1.165, 1.54) is 29.0 Å². The van der Waals surface area contributed by atoms with Gasteiger partial charge in [-0.3, -0.25) is 14.4 Å². The maximum absolute atomic E-state index is 12.8. The predicted molar refractivity (Wildman–Crippen MR) is 106 cm³/mol. The first-order chi connectivity index (χ1) is 12.9. The molecular weight excluding hydrogens is 387 g/mol. The fourth-order valence-electron chi connectivity index (χ4n) is 2.53. The molecule has 0 saturated carbocycles. The van der Waals surface area contributed by atoms with Crippen molar-refractivity contribution in [3.8, 4) is 0 Å². The molecule has 0 saturated heterocycles. The molecule has 0 aliphatic carbocycles. The van der Waals surface area contributed by atoms with Crippen molar-refractivity contribution in [3.05, 3.63) is 98.4 Å². The molecule has 1 N–H and O–H groups in total. The number of aromatic nitrogens is 1. The Labute approximate surface area is 165 Å². The van der Waals surface area contributed by atoms with Crippen LogP contribution in [0.5, 0.6) is 0 Å². The second-order valence-corrected chi connectivity index (χ2v) is 6.62. The van der Waals surface area contributed by atoms with Crippen LogP contribution in [-0.2, 0) is 11.3 Å². The Morgan fingerprint density at radius 1 is 0.926 bits per heavy atom. The average molecular weight is 401 g/mol. The summed E-state index contributed by atoms with van der Waals surface area (Å²) in [6.45, 7) is -0.235. The first kappa shape index (κ1) is 18.9. The molecule has 0 radical (unpaired) electrons. The van der Waals surface area contributed by atoms with E-state index in [0.717, 1.165) is 0 Å². The van der Waals surface area contributed by atoms with Crippen molar-refractivity contribution in [3.63, 3.8) is 0 Å². The number of amides is 1. The lowest BCUT2D eigenvalue weighted by atomic mass is 10.0. The molecule has 1 amide bonds. The third kappa shape index (κ3) is 4.64. The monoisotopic (exact) mass is 400 g/mol. The smallest absolute Gasteiger partial charge is 0.251 e. The van der Waals surface area contributed by atoms with E-state index >= 15 is 0 Å². The van der Waals surface area contributed by atoms with Crippen LogP contribution in [0.15, 0.2) is 71.7 Å². The number of benzene rings is 2. The first-order valence-corrected chi connectivity index (χ1v) is 8.75. The van der Waals surface area contributed by atoms with E-state index in [9.17, 15) is 14.4 Å². The molecule has 0 aliphatic heterocycles. The Hall–Kier alpha value is -2.89. The van der Waals surface area contributed by atoms with Gasteiger partial charge in [0, 0.05) is 28.4 Å². The van der Waals surface area contributed by atoms with Gasteiger partial charge in [0.05, 0.1) is 10.7 Å². The molecule has 1 aromatic heterocycles. The minimum atomic E-state index is -0.469. The van der Waals surface area contributed by atoms with E-state index in [2.05, 4.69) is 5.32 Å². The predicted octanol–water partition coefficient (Wildman–Crippen LogP) is 4.02. The molecule has 0 spiro atoms. The van der Waals surface area contributed by atoms with Gasteiger partial charge in [0.1, 0.15) is 6.54 Å². The number of hydrogen-bond donors (Lipinski definition) is 1. The van der Waals surface area contributed by atoms with Gasteiger partial charge in [0.2, 0.25) is 5.91 Å². The van der Waals surface area contributed by atoms with E-state index in [4.69, 9.17) is 23.2 Å². The molecule has 0 unspecified atom stereocenters. The molecule has 0 atom stereocenters. The number of nitrogens with zero attached hydrogens (tertiary/aromatic N) is 1. The second kappa shape index (κ2) is 8.20. The minimum absolute atomic E-state index is 0.235. The summed E-state index contributed by atoms with van der Waals surface area (Å²) in [5.74, 6) is -0.739. The second-order valence-electron chi connectivity index (χ2n) is 5.75. The van der Waals surface area contributed by atoms with Crippen molar-refractivity contribution >= 4 is 40.6 Å². The summed E-state index contributed by atoms with van der Waals surface area (Å²) >= 11 is 11.9. The van der Waals surface area contributed by atoms with E-state index in [0.29, 0.717) is 21.3 Å². The summed E-state index contributed by atoms with van der Waals surface area (Å²) in [6.07, 6.45) is 1.38. The topological polar surface area (TPSA) is 68.2 Å². The fourth-order valence-corrected chi connectivity index (χ4v) is 2.88. The molecule has 2 aromatic carbocycles. The van der Waals surface area contributed by atoms with Crippen LogP contribution >= 0.6 is 23.2 Å². The zero-order valence-electron chi connectivity index (χ0n) is 14.0. The lowest BCUT2D eigenvalue weighted by Gasteiger charge is -2.12. The number of carbonyl (C=O) groups excluding carboxylic acids is 2. The van der Waals surface area contributed by atoms with Crippen LogP contribution in [0.4, 0.5) is 5.69 Å². The number of carbonyl (C=O) groups is 2. The molecule has 0 fully saturated rings. The first-order valence-electron chi connectivity index (χ1n) is 7.99. The highest BCUT2D eigenvalue weighted by Crippen LogP contribution is 2.24. The highest BCUT2D eigenvalue weighted by Gasteiger charge is 2.16. The van der Waals surface area contributed by atoms with Gasteiger partial charge in [-0.1, -0.05) is 53.5 Å². The quantitative estimate of drug-likeness (QED) is 0.657. The van der Waals surface area contributed by atoms with Gasteiger partial charge >= 0.3 is 0 Å². The third-order valence-electron chi connectivity index (χ3n) is 3.80. The SMILES string of the molecule is O=C(Cn1cc(Cl)ccc1=O)Nc1ccc(Cl)cc1C(=O)c1ccccc1. The van der Waals surface area contributed by atoms with Crippen LogP contribution < -0.4 is 10.9 Å². The Kier molecular flexibility index (Phi) is 5.74. The molecule has 0 aliphatic rings. The summed E-state index contributed by atoms with van der Waals surface area (Å²) in [6, 6.07) is 16.0. The van der Waals surface area contributed by atoms with Crippen molar-refractivity contribution in [2.24, 2.45) is 0 Å². The largest absolute Gasteiger partial charge is 0.324 e. The van der Waals surface area contributed by atoms with E-state index in [-0.39, 0.29) is 23.5 Å². The molecular formula is C20H14Cl2N2O3. The Bertz CT molecular complexity index is 1060. The summed E-state index contributed by atoms with van der Waals surface area (Å²) < 4.78 is 1.19. The summed E-state index contributed by atoms with van der Waals surface area (Å²) in [5.41, 5.74) is 0.696. The number of rotatable bonds is 5. The highest BCUT2D eigenvalue weighted by atomic mass is 35.5. The number of nitrogens with one attached hydrogen (secondary N) is 1. The van der Waals surface area contributed by atoms with Gasteiger partial charge in [0.25, 0.3) is 5.56 Å². The van der Waals surface area contributed by atoms with Crippen molar-refractivity contribution in [2.75, 3.05) is 5.32 Å². The van der Waals surface area contributed by atoms with Crippen molar-refractivity contribution in [2.45, 2.75) is 6.54 Å². The van der Waals surface area contributed by atoms with Crippen molar-refractivity contribution in [1.82, 2.24) is 4.57 Å². The fraction of sp³-hybridized carbons (Fsp3) is 0.0500. The molecule has 3 aromatic rings. The van der Waals surface area contributed by atoms with Gasteiger partial charge in [-0.2, -0.15) is 0 Å². The van der Waals surface area contributed by atoms with Crippen LogP contribution in [0, 0.1) is 0 Å². The number of hydrogen-bond acceptors (Lipinski definition) is 3. The van der Waals surface area contributed by atoms with Gasteiger partial charge in [-0.05, 0) is 24.3 Å². The maximum Gasteiger partial charge on any atom is 0.251 e. The summed E-state index contributed by atoms with van der Waals surface area (Å²) in [4.78, 5) is 37.0. The number of ketones is 1. The van der Waals surface area contributed by atoms with Gasteiger partial charge in [-0.25, -0.2) is 0 Å². The van der Waals surface area contributed by atoms with E-state index < -0.39 is 5.91 Å². The molecule has 0 bridgehead atoms. The number of halogens is 2. The van der Waals surface area contributed by atoms with Gasteiger partial charge < -0.3 is 9.88 Å². The molecule has 7 heteroatoms. The van der Waals surface area contributed by atoms with Crippen molar-refractivity contribution in [1.29, 1.82) is 0 Å². The Balaban J connectivity index is 1.87. The molecule has 3 rings (SSSR count). The normalized spacial score (nSPS) is 10.4. The van der Waals surface area contributed by atoms with E-state index in [1.54, 1.807) is 42.5 Å². The third-order valence-corrected chi connectivity index (χ3v) is 4.26. The summed E-state index contributed by atoms with van der Waals surface area (Å²) in [7, 11) is 0. The van der Waals surface area contributed by atoms with Crippen LogP contribution in [0.2, 0.25) is 10.0 Å². The Morgan fingerprint density at radius 2 is 1.63 bits per heavy atom. The van der Waals surface area contributed by atoms with Crippen LogP contribution in [0.1, 0.15) is 15.9 Å². The van der Waals surface area contributed by atoms with Crippen molar-refractivity contribution < 1.29 is 9.59 Å². The molecule has 5 nitrogen and oxygen atoms in total. The summed E-state index contributed by atoms with van der Waals surface area (Å²) in [5, 5.41) is 3.38. The maximum atomic E-state index is 12.8. The average Bonchev–Trinajstić information content (AvgIpc) is 2.66. The minimum Gasteiger partial charge on any atom is -0.324 e. The standard InChI is InChI=1S/C20H14Cl2N2O3/c21-14-6-8-17(16(10-14)20(27)13-4-2-1-3-5-13)23-18(25)12-24-11-15(22)7-9-19(24)26/h1-11H,12H2,(H,23,25). The van der Waals surface area contributed by atoms with Crippen LogP contribution in [0.25, 0.3) is 0 Å². The van der Waals surface area contributed by atoms with Crippen LogP contribution in [-0.4, -0.2) is 16.3 Å². The zero-order valence-corrected chi connectivity index (χ0v) is 15.5. The Morgan fingerprint density at radius 3 is 2.37 bits per heavy atom. The number of pyridine rings is 1. The lowest BCUT2D eigenvalue weighted by molar-refractivity contribution is -0.116. The molecule has 27 heavy (non-hydrogen) atoms. The number of anilines is 1. The highest BCUT2D eigenvalue weighted by molar-refractivity contribution is 6.31. The molecule has 136 valence electrons. The van der Waals surface area contributed by atoms with Crippen LogP contribution in [0.3, 0.4) is 0 Å². The lowest BCUT2D eigenvalue weighted by Crippen LogP contribution is -2.27. The van der Waals surface area contributed by atoms with Gasteiger partial charge in [-0.15, -0.1) is 0 Å². The molecule has 1 heterocycles. The van der Waals surface area contributed by atoms with E-state index in [1.807, 2.05) is 0 Å². The zero-order chi connectivity index (χ0) is 19.4. The van der Waals surface area contributed by atoms with Gasteiger partial charge in [0.15, 0.2) is 5.78 Å².